The highest BCUT2D eigenvalue weighted by molar-refractivity contribution is 7.89. The average molecular weight is 358 g/mol. The molecule has 0 unspecified atom stereocenters. The van der Waals surface area contributed by atoms with Gasteiger partial charge in [0.1, 0.15) is 0 Å². The highest BCUT2D eigenvalue weighted by Crippen LogP contribution is 2.30. The van der Waals surface area contributed by atoms with Gasteiger partial charge >= 0.3 is 0 Å². The fraction of sp³-hybridized carbons (Fsp3) is 0.562. The van der Waals surface area contributed by atoms with Crippen molar-refractivity contribution >= 4 is 15.9 Å². The first kappa shape index (κ1) is 20.2. The first-order valence-electron chi connectivity index (χ1n) is 7.46. The van der Waals surface area contributed by atoms with Gasteiger partial charge in [-0.1, -0.05) is 20.8 Å². The Balaban J connectivity index is 2.89. The molecule has 0 aromatic heterocycles. The summed E-state index contributed by atoms with van der Waals surface area (Å²) in [4.78, 5) is 12.0. The average Bonchev–Trinajstić information content (AvgIpc) is 2.51. The molecule has 1 aromatic carbocycles. The van der Waals surface area contributed by atoms with Crippen LogP contribution in [0.2, 0.25) is 0 Å². The van der Waals surface area contributed by atoms with Crippen LogP contribution in [-0.2, 0) is 14.8 Å². The number of rotatable bonds is 7. The normalized spacial score (nSPS) is 12.1. The molecule has 1 aromatic rings. The molecule has 0 saturated carbocycles. The van der Waals surface area contributed by atoms with E-state index in [-0.39, 0.29) is 22.8 Å². The molecule has 7 nitrogen and oxygen atoms in total. The molecule has 136 valence electrons. The maximum absolute atomic E-state index is 12.6. The maximum atomic E-state index is 12.6. The Morgan fingerprint density at radius 2 is 1.75 bits per heavy atom. The molecule has 1 N–H and O–H groups in total. The van der Waals surface area contributed by atoms with Gasteiger partial charge in [0.05, 0.1) is 25.7 Å². The lowest BCUT2D eigenvalue weighted by Gasteiger charge is -2.21. The van der Waals surface area contributed by atoms with Crippen molar-refractivity contribution in [2.24, 2.45) is 5.41 Å². The van der Waals surface area contributed by atoms with Gasteiger partial charge in [-0.3, -0.25) is 4.79 Å². The Bertz CT molecular complexity index is 680. The molecule has 0 fully saturated rings. The van der Waals surface area contributed by atoms with Crippen LogP contribution in [0.3, 0.4) is 0 Å². The molecule has 1 amide bonds. The number of carbonyl (C=O) groups is 1. The van der Waals surface area contributed by atoms with Crippen molar-refractivity contribution in [1.29, 1.82) is 0 Å². The van der Waals surface area contributed by atoms with Gasteiger partial charge in [-0.25, -0.2) is 8.42 Å². The van der Waals surface area contributed by atoms with Crippen LogP contribution in [0.5, 0.6) is 11.5 Å². The zero-order valence-electron chi connectivity index (χ0n) is 15.0. The largest absolute Gasteiger partial charge is 0.493 e. The summed E-state index contributed by atoms with van der Waals surface area (Å²) in [6.07, 6.45) is 0. The van der Waals surface area contributed by atoms with E-state index < -0.39 is 10.0 Å². The predicted octanol–water partition coefficient (Wildman–Crippen LogP) is 1.49. The molecule has 0 saturated heterocycles. The summed E-state index contributed by atoms with van der Waals surface area (Å²) < 4.78 is 36.4. The number of amides is 1. The Morgan fingerprint density at radius 1 is 1.17 bits per heavy atom. The monoisotopic (exact) mass is 358 g/mol. The molecule has 1 rings (SSSR count). The van der Waals surface area contributed by atoms with Crippen LogP contribution in [0.4, 0.5) is 0 Å². The third-order valence-corrected chi connectivity index (χ3v) is 5.04. The van der Waals surface area contributed by atoms with Crippen molar-refractivity contribution in [3.05, 3.63) is 18.2 Å². The Hall–Kier alpha value is -1.80. The standard InChI is InChI=1S/C16H26N2O5S/c1-16(2,3)11-17-15(19)10-18(4)24(20,21)12-7-8-13(22-5)14(9-12)23-6/h7-9H,10-11H2,1-6H3,(H,17,19). The number of hydrogen-bond acceptors (Lipinski definition) is 5. The minimum absolute atomic E-state index is 0.0336. The number of nitrogens with one attached hydrogen (secondary N) is 1. The van der Waals surface area contributed by atoms with E-state index in [4.69, 9.17) is 9.47 Å². The van der Waals surface area contributed by atoms with E-state index in [0.29, 0.717) is 18.0 Å². The molecule has 0 atom stereocenters. The van der Waals surface area contributed by atoms with Gasteiger partial charge in [0.25, 0.3) is 0 Å². The number of hydrogen-bond donors (Lipinski definition) is 1. The van der Waals surface area contributed by atoms with Crippen LogP contribution in [-0.4, -0.2) is 53.0 Å². The molecule has 0 spiro atoms. The number of likely N-dealkylation sites (N-methyl/N-ethyl adjacent to an activating group) is 1. The SMILES string of the molecule is COc1ccc(S(=O)(=O)N(C)CC(=O)NCC(C)(C)C)cc1OC. The quantitative estimate of drug-likeness (QED) is 0.798. The van der Waals surface area contributed by atoms with E-state index >= 15 is 0 Å². The summed E-state index contributed by atoms with van der Waals surface area (Å²) in [6, 6.07) is 4.30. The molecule has 0 aliphatic carbocycles. The molecule has 0 bridgehead atoms. The minimum Gasteiger partial charge on any atom is -0.493 e. The third kappa shape index (κ3) is 5.38. The van der Waals surface area contributed by atoms with Crippen molar-refractivity contribution in [2.45, 2.75) is 25.7 Å². The molecular formula is C16H26N2O5S. The zero-order valence-corrected chi connectivity index (χ0v) is 15.9. The third-order valence-electron chi connectivity index (χ3n) is 3.25. The van der Waals surface area contributed by atoms with Crippen molar-refractivity contribution in [2.75, 3.05) is 34.4 Å². The summed E-state index contributed by atoms with van der Waals surface area (Å²) >= 11 is 0. The number of sulfonamides is 1. The van der Waals surface area contributed by atoms with E-state index in [2.05, 4.69) is 5.32 Å². The fourth-order valence-electron chi connectivity index (χ4n) is 1.86. The first-order valence-corrected chi connectivity index (χ1v) is 8.90. The minimum atomic E-state index is -3.81. The van der Waals surface area contributed by atoms with Crippen molar-refractivity contribution < 1.29 is 22.7 Å². The highest BCUT2D eigenvalue weighted by Gasteiger charge is 2.24. The lowest BCUT2D eigenvalue weighted by atomic mass is 9.97. The number of carbonyl (C=O) groups excluding carboxylic acids is 1. The van der Waals surface area contributed by atoms with Crippen LogP contribution in [0.15, 0.2) is 23.1 Å². The van der Waals surface area contributed by atoms with Crippen LogP contribution in [0.25, 0.3) is 0 Å². The van der Waals surface area contributed by atoms with Crippen molar-refractivity contribution in [3.63, 3.8) is 0 Å². The van der Waals surface area contributed by atoms with Gasteiger partial charge in [0, 0.05) is 19.7 Å². The molecular weight excluding hydrogens is 332 g/mol. The predicted molar refractivity (Wildman–Crippen MR) is 91.8 cm³/mol. The van der Waals surface area contributed by atoms with Crippen molar-refractivity contribution in [1.82, 2.24) is 9.62 Å². The van der Waals surface area contributed by atoms with Gasteiger partial charge in [0.15, 0.2) is 11.5 Å². The number of nitrogens with zero attached hydrogens (tertiary/aromatic N) is 1. The molecule has 0 aliphatic rings. The van der Waals surface area contributed by atoms with Crippen molar-refractivity contribution in [3.8, 4) is 11.5 Å². The lowest BCUT2D eigenvalue weighted by Crippen LogP contribution is -2.41. The summed E-state index contributed by atoms with van der Waals surface area (Å²) in [5.41, 5.74) is -0.0730. The summed E-state index contributed by atoms with van der Waals surface area (Å²) in [6.45, 7) is 6.16. The van der Waals surface area contributed by atoms with Crippen LogP contribution in [0, 0.1) is 5.41 Å². The van der Waals surface area contributed by atoms with E-state index in [9.17, 15) is 13.2 Å². The van der Waals surface area contributed by atoms with Gasteiger partial charge in [-0.15, -0.1) is 0 Å². The van der Waals surface area contributed by atoms with Crippen LogP contribution in [0.1, 0.15) is 20.8 Å². The number of benzene rings is 1. The van der Waals surface area contributed by atoms with Gasteiger partial charge in [-0.2, -0.15) is 4.31 Å². The number of methoxy groups -OCH3 is 2. The van der Waals surface area contributed by atoms with E-state index in [1.807, 2.05) is 20.8 Å². The Labute approximate surface area is 144 Å². The second kappa shape index (κ2) is 7.85. The molecule has 24 heavy (non-hydrogen) atoms. The van der Waals surface area contributed by atoms with Gasteiger partial charge < -0.3 is 14.8 Å². The molecule has 0 aliphatic heterocycles. The van der Waals surface area contributed by atoms with Gasteiger partial charge in [0.2, 0.25) is 15.9 Å². The van der Waals surface area contributed by atoms with E-state index in [1.165, 1.54) is 39.5 Å². The molecule has 0 heterocycles. The highest BCUT2D eigenvalue weighted by atomic mass is 32.2. The van der Waals surface area contributed by atoms with E-state index in [0.717, 1.165) is 4.31 Å². The summed E-state index contributed by atoms with van der Waals surface area (Å²) in [5.74, 6) is 0.391. The smallest absolute Gasteiger partial charge is 0.243 e. The van der Waals surface area contributed by atoms with Crippen LogP contribution < -0.4 is 14.8 Å². The van der Waals surface area contributed by atoms with Crippen LogP contribution >= 0.6 is 0 Å². The first-order chi connectivity index (χ1) is 11.0. The van der Waals surface area contributed by atoms with Gasteiger partial charge in [-0.05, 0) is 17.5 Å². The molecule has 0 radical (unpaired) electrons. The Morgan fingerprint density at radius 3 is 2.25 bits per heavy atom. The second-order valence-corrected chi connectivity index (χ2v) is 8.66. The molecule has 8 heteroatoms. The Kier molecular flexibility index (Phi) is 6.62. The topological polar surface area (TPSA) is 84.9 Å². The van der Waals surface area contributed by atoms with E-state index in [1.54, 1.807) is 0 Å². The second-order valence-electron chi connectivity index (χ2n) is 6.62. The maximum Gasteiger partial charge on any atom is 0.243 e. The fourth-order valence-corrected chi connectivity index (χ4v) is 3.01. The zero-order chi connectivity index (χ0) is 18.5. The summed E-state index contributed by atoms with van der Waals surface area (Å²) in [7, 11) is 0.454. The summed E-state index contributed by atoms with van der Waals surface area (Å²) in [5, 5.41) is 2.73. The lowest BCUT2D eigenvalue weighted by molar-refractivity contribution is -0.121. The number of ether oxygens (including phenoxy) is 2.